The van der Waals surface area contributed by atoms with Gasteiger partial charge in [-0.3, -0.25) is 0 Å². The number of anilines is 2. The fraction of sp³-hybridized carbons (Fsp3) is 0. The number of nitrogens with one attached hydrogen (secondary N) is 2. The van der Waals surface area contributed by atoms with E-state index in [1.165, 1.54) is 0 Å². The Morgan fingerprint density at radius 1 is 0.800 bits per heavy atom. The van der Waals surface area contributed by atoms with Gasteiger partial charge in [-0.05, 0) is 24.3 Å². The van der Waals surface area contributed by atoms with Crippen LogP contribution in [-0.2, 0) is 0 Å². The summed E-state index contributed by atoms with van der Waals surface area (Å²) in [5.74, 6) is -4.13. The molecular formula is C13H8F4N2O. The summed E-state index contributed by atoms with van der Waals surface area (Å²) in [7, 11) is 0. The standard InChI is InChI=1S/C13H8F4N2O/c14-8-5-4-7(6-11(8)17)18-13(20)19-12-9(15)2-1-3-10(12)16/h1-6H,(H2,18,19,20). The van der Waals surface area contributed by atoms with Gasteiger partial charge in [0.2, 0.25) is 0 Å². The lowest BCUT2D eigenvalue weighted by molar-refractivity contribution is 0.262. The lowest BCUT2D eigenvalue weighted by Gasteiger charge is -2.09. The van der Waals surface area contributed by atoms with E-state index < -0.39 is 35.0 Å². The molecule has 0 saturated heterocycles. The van der Waals surface area contributed by atoms with Crippen LogP contribution in [0, 0.1) is 23.3 Å². The molecule has 2 rings (SSSR count). The van der Waals surface area contributed by atoms with Crippen LogP contribution in [0.1, 0.15) is 0 Å². The highest BCUT2D eigenvalue weighted by atomic mass is 19.2. The molecular weight excluding hydrogens is 276 g/mol. The van der Waals surface area contributed by atoms with Crippen LogP contribution in [0.2, 0.25) is 0 Å². The molecule has 2 aromatic carbocycles. The average Bonchev–Trinajstić information content (AvgIpc) is 2.38. The van der Waals surface area contributed by atoms with Gasteiger partial charge in [-0.1, -0.05) is 6.07 Å². The van der Waals surface area contributed by atoms with Gasteiger partial charge in [0.05, 0.1) is 0 Å². The molecule has 3 nitrogen and oxygen atoms in total. The second kappa shape index (κ2) is 5.60. The van der Waals surface area contributed by atoms with Crippen LogP contribution >= 0.6 is 0 Å². The number of benzene rings is 2. The molecule has 2 N–H and O–H groups in total. The van der Waals surface area contributed by atoms with Crippen molar-refractivity contribution in [2.24, 2.45) is 0 Å². The average molecular weight is 284 g/mol. The number of hydrogen-bond donors (Lipinski definition) is 2. The summed E-state index contributed by atoms with van der Waals surface area (Å²) in [6.07, 6.45) is 0. The Hall–Kier alpha value is -2.57. The van der Waals surface area contributed by atoms with Gasteiger partial charge < -0.3 is 10.6 Å². The van der Waals surface area contributed by atoms with Crippen LogP contribution in [0.25, 0.3) is 0 Å². The minimum absolute atomic E-state index is 0.0573. The molecule has 0 saturated carbocycles. The van der Waals surface area contributed by atoms with Crippen molar-refractivity contribution in [3.63, 3.8) is 0 Å². The molecule has 0 atom stereocenters. The van der Waals surface area contributed by atoms with E-state index in [4.69, 9.17) is 0 Å². The van der Waals surface area contributed by atoms with E-state index in [1.54, 1.807) is 0 Å². The van der Waals surface area contributed by atoms with Crippen molar-refractivity contribution < 1.29 is 22.4 Å². The Kier molecular flexibility index (Phi) is 3.88. The molecule has 0 bridgehead atoms. The van der Waals surface area contributed by atoms with Gasteiger partial charge in [-0.15, -0.1) is 0 Å². The van der Waals surface area contributed by atoms with Crippen LogP contribution < -0.4 is 10.6 Å². The van der Waals surface area contributed by atoms with Crippen LogP contribution in [0.4, 0.5) is 33.7 Å². The first-order chi connectivity index (χ1) is 9.47. The van der Waals surface area contributed by atoms with Crippen molar-refractivity contribution in [3.8, 4) is 0 Å². The summed E-state index contributed by atoms with van der Waals surface area (Å²) in [5, 5.41) is 4.07. The normalized spacial score (nSPS) is 10.2. The highest BCUT2D eigenvalue weighted by molar-refractivity contribution is 5.99. The Morgan fingerprint density at radius 2 is 1.45 bits per heavy atom. The summed E-state index contributed by atoms with van der Waals surface area (Å²) in [4.78, 5) is 11.5. The molecule has 104 valence electrons. The Bertz CT molecular complexity index is 641. The molecule has 0 aromatic heterocycles. The minimum atomic E-state index is -1.15. The monoisotopic (exact) mass is 284 g/mol. The second-order valence-corrected chi connectivity index (χ2v) is 3.80. The summed E-state index contributed by atoms with van der Waals surface area (Å²) in [6.45, 7) is 0. The molecule has 0 unspecified atom stereocenters. The van der Waals surface area contributed by atoms with Gasteiger partial charge in [0.25, 0.3) is 0 Å². The molecule has 0 aliphatic rings. The van der Waals surface area contributed by atoms with Crippen molar-refractivity contribution in [1.29, 1.82) is 0 Å². The number of urea groups is 1. The van der Waals surface area contributed by atoms with Crippen LogP contribution in [0.5, 0.6) is 0 Å². The molecule has 0 radical (unpaired) electrons. The second-order valence-electron chi connectivity index (χ2n) is 3.80. The largest absolute Gasteiger partial charge is 0.323 e. The van der Waals surface area contributed by atoms with Gasteiger partial charge >= 0.3 is 6.03 Å². The van der Waals surface area contributed by atoms with Crippen molar-refractivity contribution in [3.05, 3.63) is 59.7 Å². The zero-order valence-corrected chi connectivity index (χ0v) is 9.88. The predicted molar refractivity (Wildman–Crippen MR) is 65.4 cm³/mol. The zero-order chi connectivity index (χ0) is 14.7. The molecule has 0 spiro atoms. The van der Waals surface area contributed by atoms with Crippen molar-refractivity contribution in [2.75, 3.05) is 10.6 Å². The minimum Gasteiger partial charge on any atom is -0.308 e. The summed E-state index contributed by atoms with van der Waals surface area (Å²) < 4.78 is 52.2. The van der Waals surface area contributed by atoms with Gasteiger partial charge in [0.1, 0.15) is 17.3 Å². The van der Waals surface area contributed by atoms with E-state index in [9.17, 15) is 22.4 Å². The summed E-state index contributed by atoms with van der Waals surface area (Å²) in [6, 6.07) is 4.76. The highest BCUT2D eigenvalue weighted by Crippen LogP contribution is 2.19. The van der Waals surface area contributed by atoms with Crippen LogP contribution in [-0.4, -0.2) is 6.03 Å². The number of amides is 2. The molecule has 0 heterocycles. The van der Waals surface area contributed by atoms with E-state index in [1.807, 2.05) is 5.32 Å². The lowest BCUT2D eigenvalue weighted by Crippen LogP contribution is -2.21. The topological polar surface area (TPSA) is 41.1 Å². The lowest BCUT2D eigenvalue weighted by atomic mass is 10.3. The van der Waals surface area contributed by atoms with Crippen LogP contribution in [0.3, 0.4) is 0 Å². The van der Waals surface area contributed by atoms with E-state index in [0.29, 0.717) is 0 Å². The first-order valence-electron chi connectivity index (χ1n) is 5.44. The summed E-state index contributed by atoms with van der Waals surface area (Å²) >= 11 is 0. The van der Waals surface area contributed by atoms with E-state index >= 15 is 0 Å². The fourth-order valence-electron chi connectivity index (χ4n) is 1.47. The van der Waals surface area contributed by atoms with E-state index in [2.05, 4.69) is 5.32 Å². The van der Waals surface area contributed by atoms with E-state index in [0.717, 1.165) is 36.4 Å². The smallest absolute Gasteiger partial charge is 0.308 e. The Labute approximate surface area is 111 Å². The molecule has 20 heavy (non-hydrogen) atoms. The SMILES string of the molecule is O=C(Nc1ccc(F)c(F)c1)Nc1c(F)cccc1F. The van der Waals surface area contributed by atoms with Crippen molar-refractivity contribution >= 4 is 17.4 Å². The molecule has 7 heteroatoms. The Balaban J connectivity index is 2.11. The number of para-hydroxylation sites is 1. The van der Waals surface area contributed by atoms with E-state index in [-0.39, 0.29) is 5.69 Å². The first kappa shape index (κ1) is 13.9. The summed E-state index contributed by atoms with van der Waals surface area (Å²) in [5.41, 5.74) is -0.689. The van der Waals surface area contributed by atoms with Gasteiger partial charge in [0.15, 0.2) is 11.6 Å². The number of hydrogen-bond acceptors (Lipinski definition) is 1. The maximum absolute atomic E-state index is 13.3. The van der Waals surface area contributed by atoms with Gasteiger partial charge in [-0.2, -0.15) is 0 Å². The first-order valence-corrected chi connectivity index (χ1v) is 5.44. The molecule has 2 aromatic rings. The van der Waals surface area contributed by atoms with Gasteiger partial charge in [0, 0.05) is 11.8 Å². The third kappa shape index (κ3) is 3.05. The molecule has 2 amide bonds. The van der Waals surface area contributed by atoms with Crippen LogP contribution in [0.15, 0.2) is 36.4 Å². The quantitative estimate of drug-likeness (QED) is 0.807. The number of carbonyl (C=O) groups is 1. The number of rotatable bonds is 2. The maximum atomic E-state index is 13.3. The number of halogens is 4. The Morgan fingerprint density at radius 3 is 2.05 bits per heavy atom. The zero-order valence-electron chi connectivity index (χ0n) is 9.88. The highest BCUT2D eigenvalue weighted by Gasteiger charge is 2.12. The van der Waals surface area contributed by atoms with Gasteiger partial charge in [-0.25, -0.2) is 22.4 Å². The van der Waals surface area contributed by atoms with Crippen molar-refractivity contribution in [2.45, 2.75) is 0 Å². The number of carbonyl (C=O) groups excluding carboxylic acids is 1. The third-order valence-electron chi connectivity index (χ3n) is 2.38. The van der Waals surface area contributed by atoms with Crippen molar-refractivity contribution in [1.82, 2.24) is 0 Å². The maximum Gasteiger partial charge on any atom is 0.323 e. The third-order valence-corrected chi connectivity index (χ3v) is 2.38. The molecule has 0 aliphatic carbocycles. The fourth-order valence-corrected chi connectivity index (χ4v) is 1.47. The predicted octanol–water partition coefficient (Wildman–Crippen LogP) is 3.89. The molecule has 0 aliphatic heterocycles. The molecule has 0 fully saturated rings.